The van der Waals surface area contributed by atoms with Gasteiger partial charge in [-0.15, -0.1) is 0 Å². The molecule has 0 unspecified atom stereocenters. The van der Waals surface area contributed by atoms with Gasteiger partial charge in [-0.25, -0.2) is 0 Å². The molecule has 104 valence electrons. The van der Waals surface area contributed by atoms with E-state index in [0.717, 1.165) is 27.8 Å². The third-order valence-electron chi connectivity index (χ3n) is 3.53. The monoisotopic (exact) mass is 293 g/mol. The van der Waals surface area contributed by atoms with Crippen molar-refractivity contribution in [3.8, 4) is 0 Å². The Morgan fingerprint density at radius 1 is 1.05 bits per heavy atom. The average Bonchev–Trinajstić information content (AvgIpc) is 2.53. The van der Waals surface area contributed by atoms with Crippen LogP contribution in [-0.2, 0) is 0 Å². The number of rotatable bonds is 3. The SMILES string of the molecule is CN(c1ccc(C(N)=S)cc1)c1ccnc2ccccc12. The van der Waals surface area contributed by atoms with Crippen LogP contribution < -0.4 is 10.6 Å². The number of thiocarbonyl (C=S) groups is 1. The Labute approximate surface area is 129 Å². The van der Waals surface area contributed by atoms with Crippen LogP contribution in [0.5, 0.6) is 0 Å². The summed E-state index contributed by atoms with van der Waals surface area (Å²) in [6.07, 6.45) is 1.83. The first-order chi connectivity index (χ1) is 10.2. The summed E-state index contributed by atoms with van der Waals surface area (Å²) in [7, 11) is 2.04. The summed E-state index contributed by atoms with van der Waals surface area (Å²) in [5.74, 6) is 0. The molecule has 3 nitrogen and oxygen atoms in total. The third kappa shape index (κ3) is 2.58. The first kappa shape index (κ1) is 13.5. The molecular weight excluding hydrogens is 278 g/mol. The van der Waals surface area contributed by atoms with E-state index in [1.54, 1.807) is 0 Å². The predicted octanol–water partition coefficient (Wildman–Crippen LogP) is 3.64. The minimum atomic E-state index is 0.415. The molecule has 0 aliphatic heterocycles. The lowest BCUT2D eigenvalue weighted by Crippen LogP contribution is -2.12. The highest BCUT2D eigenvalue weighted by molar-refractivity contribution is 7.80. The zero-order valence-corrected chi connectivity index (χ0v) is 12.5. The maximum atomic E-state index is 5.64. The molecule has 21 heavy (non-hydrogen) atoms. The number of nitrogens with zero attached hydrogens (tertiary/aromatic N) is 2. The maximum absolute atomic E-state index is 5.64. The summed E-state index contributed by atoms with van der Waals surface area (Å²) in [5.41, 5.74) is 9.69. The summed E-state index contributed by atoms with van der Waals surface area (Å²) in [5, 5.41) is 1.13. The maximum Gasteiger partial charge on any atom is 0.103 e. The van der Waals surface area contributed by atoms with E-state index in [-0.39, 0.29) is 0 Å². The molecule has 0 saturated heterocycles. The van der Waals surface area contributed by atoms with Gasteiger partial charge in [0, 0.05) is 29.9 Å². The topological polar surface area (TPSA) is 42.1 Å². The quantitative estimate of drug-likeness (QED) is 0.749. The van der Waals surface area contributed by atoms with Crippen LogP contribution in [0.1, 0.15) is 5.56 Å². The summed E-state index contributed by atoms with van der Waals surface area (Å²) in [6, 6.07) is 18.1. The number of benzene rings is 2. The molecule has 0 fully saturated rings. The first-order valence-electron chi connectivity index (χ1n) is 6.64. The molecule has 0 atom stereocenters. The average molecular weight is 293 g/mol. The van der Waals surface area contributed by atoms with Gasteiger partial charge in [0.25, 0.3) is 0 Å². The second-order valence-electron chi connectivity index (χ2n) is 4.82. The summed E-state index contributed by atoms with van der Waals surface area (Å²) >= 11 is 4.98. The van der Waals surface area contributed by atoms with Crippen LogP contribution in [-0.4, -0.2) is 17.0 Å². The van der Waals surface area contributed by atoms with E-state index in [0.29, 0.717) is 4.99 Å². The van der Waals surface area contributed by atoms with Crippen LogP contribution in [0, 0.1) is 0 Å². The number of nitrogens with two attached hydrogens (primary N) is 1. The number of hydrogen-bond donors (Lipinski definition) is 1. The molecule has 0 aliphatic rings. The minimum absolute atomic E-state index is 0.415. The Hall–Kier alpha value is -2.46. The summed E-state index contributed by atoms with van der Waals surface area (Å²) < 4.78 is 0. The second-order valence-corrected chi connectivity index (χ2v) is 5.26. The van der Waals surface area contributed by atoms with Crippen molar-refractivity contribution in [2.45, 2.75) is 0 Å². The van der Waals surface area contributed by atoms with Gasteiger partial charge < -0.3 is 10.6 Å². The zero-order chi connectivity index (χ0) is 14.8. The fourth-order valence-corrected chi connectivity index (χ4v) is 2.50. The number of fused-ring (bicyclic) bond motifs is 1. The van der Waals surface area contributed by atoms with Crippen LogP contribution >= 0.6 is 12.2 Å². The van der Waals surface area contributed by atoms with Crippen LogP contribution in [0.4, 0.5) is 11.4 Å². The van der Waals surface area contributed by atoms with E-state index in [1.807, 2.05) is 61.8 Å². The first-order valence-corrected chi connectivity index (χ1v) is 7.05. The predicted molar refractivity (Wildman–Crippen MR) is 92.1 cm³/mol. The van der Waals surface area contributed by atoms with Crippen molar-refractivity contribution in [2.75, 3.05) is 11.9 Å². The number of pyridine rings is 1. The lowest BCUT2D eigenvalue weighted by molar-refractivity contribution is 1.21. The van der Waals surface area contributed by atoms with Gasteiger partial charge >= 0.3 is 0 Å². The van der Waals surface area contributed by atoms with E-state index in [9.17, 15) is 0 Å². The Morgan fingerprint density at radius 2 is 1.76 bits per heavy atom. The van der Waals surface area contributed by atoms with Crippen molar-refractivity contribution >= 4 is 39.5 Å². The van der Waals surface area contributed by atoms with Crippen molar-refractivity contribution in [1.29, 1.82) is 0 Å². The number of hydrogen-bond acceptors (Lipinski definition) is 3. The number of aromatic nitrogens is 1. The smallest absolute Gasteiger partial charge is 0.103 e. The van der Waals surface area contributed by atoms with Crippen LogP contribution in [0.15, 0.2) is 60.8 Å². The minimum Gasteiger partial charge on any atom is -0.389 e. The molecule has 1 heterocycles. The van der Waals surface area contributed by atoms with Gasteiger partial charge in [0.15, 0.2) is 0 Å². The summed E-state index contributed by atoms with van der Waals surface area (Å²) in [4.78, 5) is 6.94. The van der Waals surface area contributed by atoms with Crippen LogP contribution in [0.2, 0.25) is 0 Å². The van der Waals surface area contributed by atoms with Crippen molar-refractivity contribution in [2.24, 2.45) is 5.73 Å². The number of para-hydroxylation sites is 1. The van der Waals surface area contributed by atoms with Gasteiger partial charge in [-0.3, -0.25) is 4.98 Å². The summed E-state index contributed by atoms with van der Waals surface area (Å²) in [6.45, 7) is 0. The highest BCUT2D eigenvalue weighted by Crippen LogP contribution is 2.29. The lowest BCUT2D eigenvalue weighted by atomic mass is 10.1. The molecule has 0 saturated carbocycles. The Bertz CT molecular complexity index is 791. The van der Waals surface area contributed by atoms with Gasteiger partial charge in [0.1, 0.15) is 4.99 Å². The van der Waals surface area contributed by atoms with Crippen molar-refractivity contribution in [1.82, 2.24) is 4.98 Å². The molecule has 0 radical (unpaired) electrons. The molecule has 0 aliphatic carbocycles. The second kappa shape index (κ2) is 5.50. The van der Waals surface area contributed by atoms with Gasteiger partial charge in [-0.1, -0.05) is 30.4 Å². The Kier molecular flexibility index (Phi) is 3.54. The standard InChI is InChI=1S/C17H15N3S/c1-20(13-8-6-12(7-9-13)17(18)21)16-10-11-19-15-5-3-2-4-14(15)16/h2-11H,1H3,(H2,18,21). The van der Waals surface area contributed by atoms with E-state index in [4.69, 9.17) is 18.0 Å². The van der Waals surface area contributed by atoms with Crippen LogP contribution in [0.3, 0.4) is 0 Å². The van der Waals surface area contributed by atoms with Gasteiger partial charge in [-0.2, -0.15) is 0 Å². The van der Waals surface area contributed by atoms with Crippen molar-refractivity contribution in [3.05, 3.63) is 66.4 Å². The van der Waals surface area contributed by atoms with Gasteiger partial charge in [0.05, 0.1) is 11.2 Å². The number of anilines is 2. The van der Waals surface area contributed by atoms with E-state index < -0.39 is 0 Å². The third-order valence-corrected chi connectivity index (χ3v) is 3.76. The molecule has 1 aromatic heterocycles. The Balaban J connectivity index is 2.04. The highest BCUT2D eigenvalue weighted by atomic mass is 32.1. The van der Waals surface area contributed by atoms with E-state index >= 15 is 0 Å². The van der Waals surface area contributed by atoms with Crippen molar-refractivity contribution < 1.29 is 0 Å². The van der Waals surface area contributed by atoms with Crippen molar-refractivity contribution in [3.63, 3.8) is 0 Å². The zero-order valence-electron chi connectivity index (χ0n) is 11.7. The molecule has 4 heteroatoms. The lowest BCUT2D eigenvalue weighted by Gasteiger charge is -2.21. The Morgan fingerprint density at radius 3 is 2.48 bits per heavy atom. The van der Waals surface area contributed by atoms with Gasteiger partial charge in [-0.05, 0) is 36.4 Å². The van der Waals surface area contributed by atoms with Gasteiger partial charge in [0.2, 0.25) is 0 Å². The molecule has 0 spiro atoms. The largest absolute Gasteiger partial charge is 0.389 e. The highest BCUT2D eigenvalue weighted by Gasteiger charge is 2.08. The van der Waals surface area contributed by atoms with E-state index in [1.165, 1.54) is 0 Å². The molecule has 0 bridgehead atoms. The molecule has 3 rings (SSSR count). The normalized spacial score (nSPS) is 10.5. The van der Waals surface area contributed by atoms with E-state index in [2.05, 4.69) is 16.0 Å². The molecular formula is C17H15N3S. The van der Waals surface area contributed by atoms with Crippen LogP contribution in [0.25, 0.3) is 10.9 Å². The fourth-order valence-electron chi connectivity index (χ4n) is 2.36. The molecule has 2 aromatic carbocycles. The molecule has 2 N–H and O–H groups in total. The fraction of sp³-hybridized carbons (Fsp3) is 0.0588. The molecule has 3 aromatic rings. The molecule has 0 amide bonds.